The predicted octanol–water partition coefficient (Wildman–Crippen LogP) is 3.44. The molecular weight excluding hydrogens is 208 g/mol. The molecule has 0 aromatic heterocycles. The first-order chi connectivity index (χ1) is 8.05. The van der Waals surface area contributed by atoms with Crippen LogP contribution < -0.4 is 0 Å². The second-order valence-electron chi connectivity index (χ2n) is 6.71. The standard InChI is InChI=1S/C15H26N2/c1-12-7-14-8-13(2)10-15(9-12,11-14)17(3)6-4-5-16/h12-14H,4,6-11H2,1-3H3. The first-order valence-electron chi connectivity index (χ1n) is 7.14. The zero-order valence-electron chi connectivity index (χ0n) is 11.6. The molecular formula is C15H26N2. The zero-order chi connectivity index (χ0) is 12.5. The van der Waals surface area contributed by atoms with E-state index in [2.05, 4.69) is 31.9 Å². The van der Waals surface area contributed by atoms with E-state index >= 15 is 0 Å². The molecule has 0 heterocycles. The Morgan fingerprint density at radius 1 is 1.18 bits per heavy atom. The van der Waals surface area contributed by atoms with E-state index in [1.807, 2.05) is 0 Å². The fourth-order valence-electron chi connectivity index (χ4n) is 4.57. The molecule has 2 heteroatoms. The molecule has 0 aromatic rings. The minimum Gasteiger partial charge on any atom is -0.300 e. The molecule has 2 aliphatic carbocycles. The van der Waals surface area contributed by atoms with Gasteiger partial charge in [0.15, 0.2) is 0 Å². The van der Waals surface area contributed by atoms with Crippen molar-refractivity contribution in [3.63, 3.8) is 0 Å². The molecule has 2 bridgehead atoms. The Morgan fingerprint density at radius 3 is 2.29 bits per heavy atom. The maximum absolute atomic E-state index is 8.76. The topological polar surface area (TPSA) is 27.0 Å². The van der Waals surface area contributed by atoms with Crippen molar-refractivity contribution >= 4 is 0 Å². The van der Waals surface area contributed by atoms with E-state index in [0.717, 1.165) is 24.3 Å². The van der Waals surface area contributed by atoms with Gasteiger partial charge in [0.05, 0.1) is 6.07 Å². The monoisotopic (exact) mass is 234 g/mol. The first-order valence-corrected chi connectivity index (χ1v) is 7.14. The van der Waals surface area contributed by atoms with E-state index in [1.54, 1.807) is 0 Å². The molecule has 0 amide bonds. The lowest BCUT2D eigenvalue weighted by Crippen LogP contribution is -2.55. The lowest BCUT2D eigenvalue weighted by Gasteiger charge is -2.54. The fraction of sp³-hybridized carbons (Fsp3) is 0.933. The normalized spacial score (nSPS) is 41.2. The third kappa shape index (κ3) is 2.65. The highest BCUT2D eigenvalue weighted by Crippen LogP contribution is 2.49. The van der Waals surface area contributed by atoms with Gasteiger partial charge in [-0.2, -0.15) is 5.26 Å². The number of hydrogen-bond donors (Lipinski definition) is 0. The summed E-state index contributed by atoms with van der Waals surface area (Å²) in [6.07, 6.45) is 7.59. The predicted molar refractivity (Wildman–Crippen MR) is 70.5 cm³/mol. The number of hydrogen-bond acceptors (Lipinski definition) is 2. The van der Waals surface area contributed by atoms with Crippen LogP contribution in [-0.2, 0) is 0 Å². The Bertz CT molecular complexity index is 285. The molecule has 0 N–H and O–H groups in total. The Morgan fingerprint density at radius 2 is 1.76 bits per heavy atom. The second kappa shape index (κ2) is 4.98. The lowest BCUT2D eigenvalue weighted by molar-refractivity contribution is -0.0251. The van der Waals surface area contributed by atoms with Gasteiger partial charge < -0.3 is 0 Å². The molecule has 0 radical (unpaired) electrons. The van der Waals surface area contributed by atoms with Crippen molar-refractivity contribution in [3.05, 3.63) is 0 Å². The summed E-state index contributed by atoms with van der Waals surface area (Å²) < 4.78 is 0. The molecule has 2 nitrogen and oxygen atoms in total. The van der Waals surface area contributed by atoms with Crippen LogP contribution in [0.3, 0.4) is 0 Å². The van der Waals surface area contributed by atoms with Gasteiger partial charge in [0, 0.05) is 18.5 Å². The van der Waals surface area contributed by atoms with E-state index in [9.17, 15) is 0 Å². The summed E-state index contributed by atoms with van der Waals surface area (Å²) in [6.45, 7) is 5.77. The summed E-state index contributed by atoms with van der Waals surface area (Å²) in [4.78, 5) is 2.51. The molecule has 2 atom stereocenters. The van der Waals surface area contributed by atoms with E-state index in [1.165, 1.54) is 32.1 Å². The van der Waals surface area contributed by atoms with Gasteiger partial charge in [0.1, 0.15) is 0 Å². The summed E-state index contributed by atoms with van der Waals surface area (Å²) in [5.74, 6) is 2.67. The van der Waals surface area contributed by atoms with Crippen molar-refractivity contribution in [1.82, 2.24) is 4.90 Å². The molecule has 2 aliphatic rings. The Labute approximate surface area is 106 Å². The van der Waals surface area contributed by atoms with Gasteiger partial charge in [-0.3, -0.25) is 4.90 Å². The van der Waals surface area contributed by atoms with Crippen LogP contribution in [0.1, 0.15) is 52.4 Å². The minimum absolute atomic E-state index is 0.414. The summed E-state index contributed by atoms with van der Waals surface area (Å²) in [6, 6.07) is 2.29. The Balaban J connectivity index is 2.11. The quantitative estimate of drug-likeness (QED) is 0.748. The molecule has 0 saturated heterocycles. The molecule has 0 spiro atoms. The summed E-state index contributed by atoms with van der Waals surface area (Å²) in [7, 11) is 2.24. The van der Waals surface area contributed by atoms with Crippen molar-refractivity contribution in [2.24, 2.45) is 17.8 Å². The average Bonchev–Trinajstić information content (AvgIpc) is 2.23. The molecule has 17 heavy (non-hydrogen) atoms. The van der Waals surface area contributed by atoms with Crippen molar-refractivity contribution in [2.45, 2.75) is 57.9 Å². The molecule has 2 unspecified atom stereocenters. The average molecular weight is 234 g/mol. The van der Waals surface area contributed by atoms with Gasteiger partial charge in [0.25, 0.3) is 0 Å². The second-order valence-corrected chi connectivity index (χ2v) is 6.71. The summed E-state index contributed by atoms with van der Waals surface area (Å²) in [5, 5.41) is 8.76. The van der Waals surface area contributed by atoms with Crippen molar-refractivity contribution in [3.8, 4) is 6.07 Å². The molecule has 2 saturated carbocycles. The summed E-state index contributed by atoms with van der Waals surface area (Å²) in [5.41, 5.74) is 0.414. The number of fused-ring (bicyclic) bond motifs is 2. The maximum Gasteiger partial charge on any atom is 0.0635 e. The lowest BCUT2D eigenvalue weighted by atomic mass is 9.60. The highest BCUT2D eigenvalue weighted by molar-refractivity contribution is 5.01. The van der Waals surface area contributed by atoms with E-state index in [-0.39, 0.29) is 0 Å². The maximum atomic E-state index is 8.76. The molecule has 0 aliphatic heterocycles. The molecule has 0 aromatic carbocycles. The number of nitrogens with zero attached hydrogens (tertiary/aromatic N) is 2. The summed E-state index contributed by atoms with van der Waals surface area (Å²) >= 11 is 0. The van der Waals surface area contributed by atoms with Gasteiger partial charge in [-0.1, -0.05) is 13.8 Å². The highest BCUT2D eigenvalue weighted by atomic mass is 15.2. The van der Waals surface area contributed by atoms with Gasteiger partial charge >= 0.3 is 0 Å². The Kier molecular flexibility index (Phi) is 3.78. The third-order valence-electron chi connectivity index (χ3n) is 4.97. The van der Waals surface area contributed by atoms with Crippen LogP contribution in [0.5, 0.6) is 0 Å². The van der Waals surface area contributed by atoms with Crippen LogP contribution in [0.2, 0.25) is 0 Å². The van der Waals surface area contributed by atoms with E-state index in [0.29, 0.717) is 12.0 Å². The van der Waals surface area contributed by atoms with Crippen LogP contribution in [-0.4, -0.2) is 24.0 Å². The van der Waals surface area contributed by atoms with E-state index < -0.39 is 0 Å². The van der Waals surface area contributed by atoms with Crippen molar-refractivity contribution in [1.29, 1.82) is 5.26 Å². The molecule has 2 rings (SSSR count). The van der Waals surface area contributed by atoms with Crippen LogP contribution in [0.15, 0.2) is 0 Å². The highest BCUT2D eigenvalue weighted by Gasteiger charge is 2.46. The molecule has 2 fully saturated rings. The SMILES string of the molecule is CC1CC2CC(C)CC(N(C)CCC#N)(C1)C2. The molecule has 96 valence electrons. The fourth-order valence-corrected chi connectivity index (χ4v) is 4.57. The Hall–Kier alpha value is -0.550. The van der Waals surface area contributed by atoms with Gasteiger partial charge in [-0.25, -0.2) is 0 Å². The van der Waals surface area contributed by atoms with Gasteiger partial charge in [-0.05, 0) is 56.9 Å². The number of nitriles is 1. The minimum atomic E-state index is 0.414. The van der Waals surface area contributed by atoms with Crippen LogP contribution in [0.4, 0.5) is 0 Å². The zero-order valence-corrected chi connectivity index (χ0v) is 11.6. The van der Waals surface area contributed by atoms with Crippen LogP contribution >= 0.6 is 0 Å². The van der Waals surface area contributed by atoms with Gasteiger partial charge in [-0.15, -0.1) is 0 Å². The smallest absolute Gasteiger partial charge is 0.0635 e. The number of rotatable bonds is 3. The largest absolute Gasteiger partial charge is 0.300 e. The van der Waals surface area contributed by atoms with Gasteiger partial charge in [0.2, 0.25) is 0 Å². The third-order valence-corrected chi connectivity index (χ3v) is 4.97. The van der Waals surface area contributed by atoms with Crippen LogP contribution in [0, 0.1) is 29.1 Å². The van der Waals surface area contributed by atoms with E-state index in [4.69, 9.17) is 5.26 Å². The van der Waals surface area contributed by atoms with Crippen molar-refractivity contribution < 1.29 is 0 Å². The first kappa shape index (κ1) is 12.9. The van der Waals surface area contributed by atoms with Crippen molar-refractivity contribution in [2.75, 3.05) is 13.6 Å². The van der Waals surface area contributed by atoms with Crippen LogP contribution in [0.25, 0.3) is 0 Å².